The third-order valence-corrected chi connectivity index (χ3v) is 6.48. The van der Waals surface area contributed by atoms with Crippen LogP contribution in [0, 0.1) is 0 Å². The van der Waals surface area contributed by atoms with Crippen LogP contribution in [0.5, 0.6) is 5.75 Å². The van der Waals surface area contributed by atoms with E-state index in [-0.39, 0.29) is 11.7 Å². The van der Waals surface area contributed by atoms with Gasteiger partial charge in [-0.2, -0.15) is 8.78 Å². The van der Waals surface area contributed by atoms with Crippen LogP contribution in [0.15, 0.2) is 58.4 Å². The number of methoxy groups -OCH3 is 1. The van der Waals surface area contributed by atoms with E-state index in [1.165, 1.54) is 23.9 Å². The van der Waals surface area contributed by atoms with Gasteiger partial charge in [-0.15, -0.1) is 0 Å². The third kappa shape index (κ3) is 6.81. The molecule has 2 fully saturated rings. The number of alkyl halides is 2. The number of benzene rings is 2. The molecule has 2 heterocycles. The molecular formula is C25H27F2N3O4S. The summed E-state index contributed by atoms with van der Waals surface area (Å²) in [6.07, 6.45) is 2.40. The first kappa shape index (κ1) is 25.2. The summed E-state index contributed by atoms with van der Waals surface area (Å²) in [5.41, 5.74) is 2.57. The molecule has 0 bridgehead atoms. The maximum absolute atomic E-state index is 13.2. The van der Waals surface area contributed by atoms with Crippen LogP contribution < -0.4 is 9.64 Å². The van der Waals surface area contributed by atoms with E-state index in [1.807, 2.05) is 24.3 Å². The molecule has 2 aliphatic heterocycles. The molecule has 186 valence electrons. The Bertz CT molecular complexity index is 1060. The summed E-state index contributed by atoms with van der Waals surface area (Å²) in [6, 6.07) is 14.1. The highest BCUT2D eigenvalue weighted by atomic mass is 32.2. The molecule has 0 aromatic heterocycles. The predicted octanol–water partition coefficient (Wildman–Crippen LogP) is 4.77. The van der Waals surface area contributed by atoms with E-state index in [0.29, 0.717) is 35.2 Å². The number of hydrogen-bond acceptors (Lipinski definition) is 7. The number of carbonyl (C=O) groups excluding carboxylic acids is 1. The topological polar surface area (TPSA) is 63.6 Å². The van der Waals surface area contributed by atoms with Crippen molar-refractivity contribution in [2.24, 2.45) is 4.99 Å². The summed E-state index contributed by atoms with van der Waals surface area (Å²) in [5, 5.41) is 0.592. The molecule has 0 atom stereocenters. The fraction of sp³-hybridized carbons (Fsp3) is 0.360. The van der Waals surface area contributed by atoms with Gasteiger partial charge in [0.15, 0.2) is 5.17 Å². The van der Waals surface area contributed by atoms with E-state index < -0.39 is 6.61 Å². The van der Waals surface area contributed by atoms with E-state index in [2.05, 4.69) is 9.64 Å². The molecule has 0 radical (unpaired) electrons. The van der Waals surface area contributed by atoms with Crippen LogP contribution in [-0.2, 0) is 14.3 Å². The zero-order valence-corrected chi connectivity index (χ0v) is 20.2. The predicted molar refractivity (Wildman–Crippen MR) is 133 cm³/mol. The molecular weight excluding hydrogens is 476 g/mol. The van der Waals surface area contributed by atoms with Crippen LogP contribution in [0.25, 0.3) is 6.08 Å². The molecule has 2 aromatic rings. The van der Waals surface area contributed by atoms with Crippen molar-refractivity contribution in [3.8, 4) is 5.75 Å². The number of thioether (sulfide) groups is 1. The zero-order chi connectivity index (χ0) is 24.6. The van der Waals surface area contributed by atoms with E-state index >= 15 is 0 Å². The van der Waals surface area contributed by atoms with E-state index in [1.54, 1.807) is 30.2 Å². The maximum Gasteiger partial charge on any atom is 0.387 e. The molecule has 2 aliphatic rings. The van der Waals surface area contributed by atoms with Gasteiger partial charge in [-0.3, -0.25) is 9.69 Å². The number of rotatable bonds is 9. The molecule has 35 heavy (non-hydrogen) atoms. The summed E-state index contributed by atoms with van der Waals surface area (Å²) in [7, 11) is 1.62. The first-order valence-electron chi connectivity index (χ1n) is 11.3. The van der Waals surface area contributed by atoms with Gasteiger partial charge in [0.2, 0.25) is 0 Å². The molecule has 2 saturated heterocycles. The Labute approximate surface area is 207 Å². The number of ether oxygens (including phenoxy) is 3. The Hall–Kier alpha value is -2.95. The van der Waals surface area contributed by atoms with Gasteiger partial charge in [-0.1, -0.05) is 12.1 Å². The van der Waals surface area contributed by atoms with Crippen molar-refractivity contribution in [2.45, 2.75) is 13.0 Å². The second-order valence-corrected chi connectivity index (χ2v) is 8.88. The number of aliphatic imine (C=N–C) groups is 1. The summed E-state index contributed by atoms with van der Waals surface area (Å²) >= 11 is 1.29. The second kappa shape index (κ2) is 12.1. The quantitative estimate of drug-likeness (QED) is 0.363. The van der Waals surface area contributed by atoms with Crippen molar-refractivity contribution in [2.75, 3.05) is 51.5 Å². The molecule has 2 aromatic carbocycles. The van der Waals surface area contributed by atoms with Crippen LogP contribution >= 0.6 is 11.8 Å². The molecule has 0 unspecified atom stereocenters. The van der Waals surface area contributed by atoms with Gasteiger partial charge >= 0.3 is 6.61 Å². The Kier molecular flexibility index (Phi) is 8.73. The average Bonchev–Trinajstić information content (AvgIpc) is 3.15. The van der Waals surface area contributed by atoms with Crippen molar-refractivity contribution in [1.82, 2.24) is 4.90 Å². The first-order chi connectivity index (χ1) is 17.0. The highest BCUT2D eigenvalue weighted by Gasteiger charge is 2.33. The van der Waals surface area contributed by atoms with Crippen molar-refractivity contribution < 1.29 is 27.8 Å². The van der Waals surface area contributed by atoms with Gasteiger partial charge in [0.25, 0.3) is 5.91 Å². The van der Waals surface area contributed by atoms with Gasteiger partial charge in [0.1, 0.15) is 5.75 Å². The Morgan fingerprint density at radius 3 is 2.49 bits per heavy atom. The standard InChI is InChI=1S/C25H27F2N3O4S/c1-32-14-2-11-30-23(31)22(17-18-3-9-21(10-4-18)34-24(26)27)35-25(30)28-19-5-7-20(8-6-19)29-12-15-33-16-13-29/h3-10,17,24H,2,11-16H2,1H3. The fourth-order valence-corrected chi connectivity index (χ4v) is 4.75. The minimum atomic E-state index is -2.88. The van der Waals surface area contributed by atoms with Crippen LogP contribution in [0.1, 0.15) is 12.0 Å². The van der Waals surface area contributed by atoms with E-state index in [4.69, 9.17) is 14.5 Å². The lowest BCUT2D eigenvalue weighted by Gasteiger charge is -2.28. The molecule has 0 aliphatic carbocycles. The summed E-state index contributed by atoms with van der Waals surface area (Å²) < 4.78 is 39.7. The second-order valence-electron chi connectivity index (χ2n) is 7.87. The van der Waals surface area contributed by atoms with Crippen LogP contribution in [0.2, 0.25) is 0 Å². The summed E-state index contributed by atoms with van der Waals surface area (Å²) in [6.45, 7) is 1.27. The van der Waals surface area contributed by atoms with Crippen molar-refractivity contribution in [3.63, 3.8) is 0 Å². The largest absolute Gasteiger partial charge is 0.435 e. The monoisotopic (exact) mass is 503 g/mol. The summed E-state index contributed by atoms with van der Waals surface area (Å²) in [5.74, 6) is -0.0841. The van der Waals surface area contributed by atoms with Crippen LogP contribution in [-0.4, -0.2) is 69.2 Å². The maximum atomic E-state index is 13.2. The third-order valence-electron chi connectivity index (χ3n) is 5.47. The van der Waals surface area contributed by atoms with E-state index in [9.17, 15) is 13.6 Å². The van der Waals surface area contributed by atoms with Gasteiger partial charge in [-0.05, 0) is 66.2 Å². The zero-order valence-electron chi connectivity index (χ0n) is 19.4. The lowest BCUT2D eigenvalue weighted by molar-refractivity contribution is -0.122. The highest BCUT2D eigenvalue weighted by molar-refractivity contribution is 8.18. The van der Waals surface area contributed by atoms with Crippen LogP contribution in [0.4, 0.5) is 20.2 Å². The molecule has 4 rings (SSSR count). The molecule has 10 heteroatoms. The highest BCUT2D eigenvalue weighted by Crippen LogP contribution is 2.35. The Balaban J connectivity index is 1.53. The molecule has 0 N–H and O–H groups in total. The van der Waals surface area contributed by atoms with Gasteiger partial charge in [0.05, 0.1) is 23.8 Å². The van der Waals surface area contributed by atoms with Crippen molar-refractivity contribution in [3.05, 3.63) is 59.0 Å². The fourth-order valence-electron chi connectivity index (χ4n) is 3.72. The number of morpholine rings is 1. The smallest absolute Gasteiger partial charge is 0.387 e. The molecule has 0 spiro atoms. The Morgan fingerprint density at radius 1 is 1.11 bits per heavy atom. The SMILES string of the molecule is COCCCN1C(=O)C(=Cc2ccc(OC(F)F)cc2)SC1=Nc1ccc(N2CCOCC2)cc1. The van der Waals surface area contributed by atoms with Crippen LogP contribution in [0.3, 0.4) is 0 Å². The average molecular weight is 504 g/mol. The minimum Gasteiger partial charge on any atom is -0.435 e. The number of amidine groups is 1. The number of amides is 1. The molecule has 1 amide bonds. The van der Waals surface area contributed by atoms with Gasteiger partial charge in [0, 0.05) is 39.0 Å². The van der Waals surface area contributed by atoms with Gasteiger partial charge < -0.3 is 19.1 Å². The number of carbonyl (C=O) groups is 1. The number of anilines is 1. The normalized spacial score (nSPS) is 18.8. The lowest BCUT2D eigenvalue weighted by atomic mass is 10.2. The number of nitrogens with zero attached hydrogens (tertiary/aromatic N) is 3. The minimum absolute atomic E-state index is 0.0662. The molecule has 0 saturated carbocycles. The van der Waals surface area contributed by atoms with Crippen molar-refractivity contribution in [1.29, 1.82) is 0 Å². The Morgan fingerprint density at radius 2 is 1.83 bits per heavy atom. The van der Waals surface area contributed by atoms with Gasteiger partial charge in [-0.25, -0.2) is 4.99 Å². The summed E-state index contributed by atoms with van der Waals surface area (Å²) in [4.78, 5) is 22.3. The number of halogens is 2. The number of hydrogen-bond donors (Lipinski definition) is 0. The van der Waals surface area contributed by atoms with Crippen molar-refractivity contribution >= 4 is 40.3 Å². The molecule has 7 nitrogen and oxygen atoms in total. The van der Waals surface area contributed by atoms with E-state index in [0.717, 1.165) is 37.7 Å². The first-order valence-corrected chi connectivity index (χ1v) is 12.1. The lowest BCUT2D eigenvalue weighted by Crippen LogP contribution is -2.36.